The van der Waals surface area contributed by atoms with Gasteiger partial charge in [-0.25, -0.2) is 0 Å². The monoisotopic (exact) mass is 382 g/mol. The van der Waals surface area contributed by atoms with Gasteiger partial charge in [0.15, 0.2) is 22.5 Å². The van der Waals surface area contributed by atoms with Crippen LogP contribution in [0.5, 0.6) is 0 Å². The van der Waals surface area contributed by atoms with Crippen LogP contribution in [0.3, 0.4) is 0 Å². The number of nitrogens with zero attached hydrogens (tertiary/aromatic N) is 3. The molecule has 8 heteroatoms. The first-order valence-corrected chi connectivity index (χ1v) is 9.70. The Morgan fingerprint density at radius 2 is 2.19 bits per heavy atom. The smallest absolute Gasteiger partial charge is 0.224 e. The van der Waals surface area contributed by atoms with Gasteiger partial charge in [-0.2, -0.15) is 0 Å². The molecule has 1 aliphatic heterocycles. The van der Waals surface area contributed by atoms with Crippen molar-refractivity contribution in [2.24, 2.45) is 0 Å². The lowest BCUT2D eigenvalue weighted by Gasteiger charge is -2.17. The molecule has 0 bridgehead atoms. The highest BCUT2D eigenvalue weighted by atomic mass is 32.2. The number of hydrogen-bond acceptors (Lipinski definition) is 6. The first kappa shape index (κ1) is 17.5. The number of hydrogen-bond donors (Lipinski definition) is 1. The molecule has 0 saturated heterocycles. The largest absolute Gasteiger partial charge is 0.461 e. The third-order valence-electron chi connectivity index (χ3n) is 4.43. The summed E-state index contributed by atoms with van der Waals surface area (Å²) in [5, 5.41) is 11.9. The normalized spacial score (nSPS) is 13.3. The van der Waals surface area contributed by atoms with Gasteiger partial charge in [0.1, 0.15) is 0 Å². The van der Waals surface area contributed by atoms with Crippen molar-refractivity contribution in [2.45, 2.75) is 31.5 Å². The number of rotatable bonds is 6. The van der Waals surface area contributed by atoms with Crippen molar-refractivity contribution >= 4 is 29.1 Å². The highest BCUT2D eigenvalue weighted by Crippen LogP contribution is 2.27. The summed E-state index contributed by atoms with van der Waals surface area (Å²) >= 11 is 1.36. The Labute approximate surface area is 160 Å². The number of nitrogens with one attached hydrogen (secondary N) is 1. The van der Waals surface area contributed by atoms with Crippen LogP contribution in [0.15, 0.2) is 46.2 Å². The topological polar surface area (TPSA) is 90.0 Å². The number of amides is 1. The lowest BCUT2D eigenvalue weighted by molar-refractivity contribution is -0.116. The van der Waals surface area contributed by atoms with E-state index in [1.807, 2.05) is 23.6 Å². The molecule has 7 nitrogen and oxygen atoms in total. The summed E-state index contributed by atoms with van der Waals surface area (Å²) in [6, 6.07) is 9.07. The fourth-order valence-electron chi connectivity index (χ4n) is 3.04. The zero-order valence-electron chi connectivity index (χ0n) is 14.8. The molecule has 0 atom stereocenters. The summed E-state index contributed by atoms with van der Waals surface area (Å²) < 4.78 is 7.33. The Bertz CT molecular complexity index is 995. The molecule has 1 aromatic carbocycles. The van der Waals surface area contributed by atoms with Gasteiger partial charge in [0.25, 0.3) is 0 Å². The van der Waals surface area contributed by atoms with Crippen molar-refractivity contribution in [1.29, 1.82) is 0 Å². The third kappa shape index (κ3) is 3.52. The Morgan fingerprint density at radius 3 is 2.96 bits per heavy atom. The first-order chi connectivity index (χ1) is 13.2. The number of carbonyl (C=O) groups excluding carboxylic acids is 2. The lowest BCUT2D eigenvalue weighted by Crippen LogP contribution is -2.19. The minimum absolute atomic E-state index is 0.0170. The van der Waals surface area contributed by atoms with Crippen LogP contribution in [-0.4, -0.2) is 32.2 Å². The molecule has 1 aliphatic rings. The van der Waals surface area contributed by atoms with Gasteiger partial charge in [-0.3, -0.25) is 14.2 Å². The average molecular weight is 382 g/mol. The maximum absolute atomic E-state index is 12.6. The van der Waals surface area contributed by atoms with Crippen molar-refractivity contribution < 1.29 is 14.0 Å². The third-order valence-corrected chi connectivity index (χ3v) is 5.40. The minimum Gasteiger partial charge on any atom is -0.461 e. The number of aromatic nitrogens is 3. The van der Waals surface area contributed by atoms with Crippen LogP contribution in [-0.2, 0) is 17.8 Å². The number of benzene rings is 1. The predicted molar refractivity (Wildman–Crippen MR) is 102 cm³/mol. The molecule has 2 aromatic heterocycles. The molecule has 0 unspecified atom stereocenters. The highest BCUT2D eigenvalue weighted by molar-refractivity contribution is 7.99. The second-order valence-corrected chi connectivity index (χ2v) is 7.10. The van der Waals surface area contributed by atoms with Crippen LogP contribution in [0.1, 0.15) is 29.3 Å². The van der Waals surface area contributed by atoms with Crippen LogP contribution in [0.25, 0.3) is 11.6 Å². The molecule has 138 valence electrons. The van der Waals surface area contributed by atoms with E-state index in [4.69, 9.17) is 4.42 Å². The summed E-state index contributed by atoms with van der Waals surface area (Å²) in [5.74, 6) is 1.61. The van der Waals surface area contributed by atoms with E-state index in [1.165, 1.54) is 11.8 Å². The fourth-order valence-corrected chi connectivity index (χ4v) is 3.94. The van der Waals surface area contributed by atoms with Crippen LogP contribution in [0.2, 0.25) is 0 Å². The molecule has 1 N–H and O–H groups in total. The number of furan rings is 1. The van der Waals surface area contributed by atoms with Gasteiger partial charge in [-0.1, -0.05) is 11.8 Å². The van der Waals surface area contributed by atoms with Crippen LogP contribution in [0, 0.1) is 0 Å². The van der Waals surface area contributed by atoms with Crippen LogP contribution >= 0.6 is 11.8 Å². The lowest BCUT2D eigenvalue weighted by atomic mass is 9.99. The average Bonchev–Trinajstić information content (AvgIpc) is 3.34. The number of thioether (sulfide) groups is 1. The van der Waals surface area contributed by atoms with E-state index in [0.717, 1.165) is 11.3 Å². The molecule has 0 saturated carbocycles. The number of fused-ring (bicyclic) bond motifs is 1. The van der Waals surface area contributed by atoms with E-state index in [0.29, 0.717) is 41.7 Å². The fraction of sp³-hybridized carbons (Fsp3) is 0.263. The van der Waals surface area contributed by atoms with Crippen molar-refractivity contribution in [1.82, 2.24) is 14.8 Å². The van der Waals surface area contributed by atoms with Crippen LogP contribution < -0.4 is 5.32 Å². The molecule has 0 spiro atoms. The zero-order chi connectivity index (χ0) is 18.8. The molecule has 0 radical (unpaired) electrons. The SMILES string of the molecule is CCn1c(SCC(=O)c2ccc3c(c2)CCC(=O)N3)nnc1-c1ccco1. The number of aryl methyl sites for hydroxylation is 1. The maximum Gasteiger partial charge on any atom is 0.224 e. The predicted octanol–water partition coefficient (Wildman–Crippen LogP) is 3.42. The summed E-state index contributed by atoms with van der Waals surface area (Å²) in [4.78, 5) is 24.1. The van der Waals surface area contributed by atoms with E-state index >= 15 is 0 Å². The molecule has 3 aromatic rings. The summed E-state index contributed by atoms with van der Waals surface area (Å²) in [6.45, 7) is 2.68. The van der Waals surface area contributed by atoms with Crippen molar-refractivity contribution in [3.63, 3.8) is 0 Å². The van der Waals surface area contributed by atoms with Crippen molar-refractivity contribution in [2.75, 3.05) is 11.1 Å². The second kappa shape index (κ2) is 7.40. The van der Waals surface area contributed by atoms with Crippen LogP contribution in [0.4, 0.5) is 5.69 Å². The standard InChI is InChI=1S/C19H18N4O3S/c1-2-23-18(16-4-3-9-26-16)21-22-19(23)27-11-15(24)13-5-7-14-12(10-13)6-8-17(25)20-14/h3-5,7,9-10H,2,6,8,11H2,1H3,(H,20,25). The Morgan fingerprint density at radius 1 is 1.30 bits per heavy atom. The molecular formula is C19H18N4O3S. The zero-order valence-corrected chi connectivity index (χ0v) is 15.6. The van der Waals surface area contributed by atoms with E-state index in [1.54, 1.807) is 24.5 Å². The number of carbonyl (C=O) groups is 2. The first-order valence-electron chi connectivity index (χ1n) is 8.71. The molecule has 0 fully saturated rings. The van der Waals surface area contributed by atoms with Gasteiger partial charge in [-0.05, 0) is 49.2 Å². The molecule has 0 aliphatic carbocycles. The molecule has 27 heavy (non-hydrogen) atoms. The van der Waals surface area contributed by atoms with Crippen molar-refractivity contribution in [3.05, 3.63) is 47.7 Å². The van der Waals surface area contributed by atoms with Gasteiger partial charge >= 0.3 is 0 Å². The van der Waals surface area contributed by atoms with Gasteiger partial charge in [0.2, 0.25) is 5.91 Å². The molecule has 4 rings (SSSR count). The number of ketones is 1. The van der Waals surface area contributed by atoms with E-state index in [-0.39, 0.29) is 17.4 Å². The summed E-state index contributed by atoms with van der Waals surface area (Å²) in [7, 11) is 0. The summed E-state index contributed by atoms with van der Waals surface area (Å²) in [6.07, 6.45) is 2.71. The van der Waals surface area contributed by atoms with E-state index in [9.17, 15) is 9.59 Å². The van der Waals surface area contributed by atoms with Gasteiger partial charge in [-0.15, -0.1) is 10.2 Å². The molecular weight excluding hydrogens is 364 g/mol. The molecule has 3 heterocycles. The van der Waals surface area contributed by atoms with Gasteiger partial charge in [0, 0.05) is 24.2 Å². The van der Waals surface area contributed by atoms with Crippen molar-refractivity contribution in [3.8, 4) is 11.6 Å². The van der Waals surface area contributed by atoms with E-state index in [2.05, 4.69) is 15.5 Å². The minimum atomic E-state index is 0.0170. The Balaban J connectivity index is 1.48. The number of Topliss-reactive ketones (excluding diaryl/α,β-unsaturated/α-hetero) is 1. The maximum atomic E-state index is 12.6. The Hall–Kier alpha value is -2.87. The molecule has 1 amide bonds. The van der Waals surface area contributed by atoms with Gasteiger partial charge < -0.3 is 9.73 Å². The second-order valence-electron chi connectivity index (χ2n) is 6.16. The number of anilines is 1. The highest BCUT2D eigenvalue weighted by Gasteiger charge is 2.19. The Kier molecular flexibility index (Phi) is 4.81. The summed E-state index contributed by atoms with van der Waals surface area (Å²) in [5.41, 5.74) is 2.44. The van der Waals surface area contributed by atoms with Gasteiger partial charge in [0.05, 0.1) is 12.0 Å². The van der Waals surface area contributed by atoms with E-state index < -0.39 is 0 Å². The quantitative estimate of drug-likeness (QED) is 0.519.